The van der Waals surface area contributed by atoms with E-state index in [1.165, 1.54) is 18.2 Å². The second-order valence-electron chi connectivity index (χ2n) is 4.51. The van der Waals surface area contributed by atoms with Gasteiger partial charge in [-0.25, -0.2) is 4.39 Å². The minimum Gasteiger partial charge on any atom is -0.354 e. The molecule has 4 nitrogen and oxygen atoms in total. The number of carbonyl (C=O) groups is 2. The minimum atomic E-state index is -0.588. The molecule has 0 aliphatic rings. The fourth-order valence-electron chi connectivity index (χ4n) is 1.51. The van der Waals surface area contributed by atoms with Gasteiger partial charge < -0.3 is 10.6 Å². The lowest BCUT2D eigenvalue weighted by Crippen LogP contribution is -2.35. The summed E-state index contributed by atoms with van der Waals surface area (Å²) in [4.78, 5) is 23.3. The van der Waals surface area contributed by atoms with E-state index in [-0.39, 0.29) is 30.5 Å². The van der Waals surface area contributed by atoms with Gasteiger partial charge in [-0.05, 0) is 31.5 Å². The Morgan fingerprint density at radius 3 is 2.75 bits per heavy atom. The summed E-state index contributed by atoms with van der Waals surface area (Å²) in [6.45, 7) is 4.06. The summed E-state index contributed by atoms with van der Waals surface area (Å²) in [5.74, 6) is -1.25. The Balaban J connectivity index is 2.44. The normalized spacial score (nSPS) is 11.8. The van der Waals surface area contributed by atoms with E-state index in [1.807, 2.05) is 13.8 Å². The number of benzene rings is 1. The predicted molar refractivity (Wildman–Crippen MR) is 78.9 cm³/mol. The van der Waals surface area contributed by atoms with Gasteiger partial charge in [-0.2, -0.15) is 0 Å². The van der Waals surface area contributed by atoms with Crippen LogP contribution >= 0.6 is 15.9 Å². The molecule has 1 rings (SSSR count). The van der Waals surface area contributed by atoms with E-state index in [0.29, 0.717) is 4.47 Å². The third kappa shape index (κ3) is 5.28. The Morgan fingerprint density at radius 2 is 2.10 bits per heavy atom. The molecule has 0 aliphatic heterocycles. The van der Waals surface area contributed by atoms with E-state index in [4.69, 9.17) is 0 Å². The number of amides is 2. The molecule has 0 saturated heterocycles. The molecule has 2 amide bonds. The van der Waals surface area contributed by atoms with Crippen LogP contribution in [0.2, 0.25) is 0 Å². The Labute approximate surface area is 126 Å². The van der Waals surface area contributed by atoms with Crippen molar-refractivity contribution in [2.75, 3.05) is 6.54 Å². The summed E-state index contributed by atoms with van der Waals surface area (Å²) in [6, 6.07) is 4.25. The first-order chi connectivity index (χ1) is 9.43. The predicted octanol–water partition coefficient (Wildman–Crippen LogP) is 2.62. The Morgan fingerprint density at radius 1 is 1.40 bits per heavy atom. The van der Waals surface area contributed by atoms with Crippen molar-refractivity contribution in [3.05, 3.63) is 34.1 Å². The van der Waals surface area contributed by atoms with E-state index in [2.05, 4.69) is 26.6 Å². The third-order valence-corrected chi connectivity index (χ3v) is 3.32. The first-order valence-electron chi connectivity index (χ1n) is 6.46. The summed E-state index contributed by atoms with van der Waals surface area (Å²) in [5, 5.41) is 5.32. The summed E-state index contributed by atoms with van der Waals surface area (Å²) >= 11 is 3.18. The second kappa shape index (κ2) is 7.99. The lowest BCUT2D eigenvalue weighted by molar-refractivity contribution is -0.121. The smallest absolute Gasteiger partial charge is 0.254 e. The minimum absolute atomic E-state index is 0.0401. The molecular formula is C14H18BrFN2O2. The number of carbonyl (C=O) groups excluding carboxylic acids is 2. The van der Waals surface area contributed by atoms with Crippen LogP contribution in [0.4, 0.5) is 4.39 Å². The first kappa shape index (κ1) is 16.6. The van der Waals surface area contributed by atoms with Crippen LogP contribution in [0.15, 0.2) is 22.7 Å². The van der Waals surface area contributed by atoms with Gasteiger partial charge in [0.05, 0.1) is 5.56 Å². The fourth-order valence-corrected chi connectivity index (χ4v) is 1.87. The molecule has 2 N–H and O–H groups in total. The van der Waals surface area contributed by atoms with Crippen molar-refractivity contribution in [3.63, 3.8) is 0 Å². The van der Waals surface area contributed by atoms with Crippen molar-refractivity contribution < 1.29 is 14.0 Å². The third-order valence-electron chi connectivity index (χ3n) is 2.83. The van der Waals surface area contributed by atoms with Gasteiger partial charge in [0, 0.05) is 23.5 Å². The molecule has 20 heavy (non-hydrogen) atoms. The molecule has 0 fully saturated rings. The molecule has 110 valence electrons. The van der Waals surface area contributed by atoms with Gasteiger partial charge in [-0.3, -0.25) is 9.59 Å². The number of rotatable bonds is 6. The van der Waals surface area contributed by atoms with Gasteiger partial charge >= 0.3 is 0 Å². The van der Waals surface area contributed by atoms with Gasteiger partial charge in [-0.1, -0.05) is 22.9 Å². The molecule has 0 heterocycles. The highest BCUT2D eigenvalue weighted by atomic mass is 79.9. The first-order valence-corrected chi connectivity index (χ1v) is 7.26. The average Bonchev–Trinajstić information content (AvgIpc) is 2.41. The van der Waals surface area contributed by atoms with Crippen molar-refractivity contribution in [1.29, 1.82) is 0 Å². The summed E-state index contributed by atoms with van der Waals surface area (Å²) in [5.41, 5.74) is -0.0401. The van der Waals surface area contributed by atoms with Crippen LogP contribution in [0.5, 0.6) is 0 Å². The maximum Gasteiger partial charge on any atom is 0.254 e. The Bertz CT molecular complexity index is 494. The SMILES string of the molecule is CCC(C)NC(=O)CCNC(=O)c1cc(Br)ccc1F. The number of halogens is 2. The highest BCUT2D eigenvalue weighted by molar-refractivity contribution is 9.10. The van der Waals surface area contributed by atoms with Crippen LogP contribution in [0.1, 0.15) is 37.0 Å². The molecule has 1 aromatic carbocycles. The van der Waals surface area contributed by atoms with Gasteiger partial charge in [0.15, 0.2) is 0 Å². The standard InChI is InChI=1S/C14H18BrFN2O2/c1-3-9(2)18-13(19)6-7-17-14(20)11-8-10(15)4-5-12(11)16/h4-5,8-9H,3,6-7H2,1-2H3,(H,17,20)(H,18,19). The maximum atomic E-state index is 13.5. The molecule has 1 atom stereocenters. The highest BCUT2D eigenvalue weighted by Gasteiger charge is 2.12. The molecule has 0 spiro atoms. The second-order valence-corrected chi connectivity index (χ2v) is 5.42. The number of hydrogen-bond acceptors (Lipinski definition) is 2. The topological polar surface area (TPSA) is 58.2 Å². The fraction of sp³-hybridized carbons (Fsp3) is 0.429. The van der Waals surface area contributed by atoms with Crippen LogP contribution in [-0.2, 0) is 4.79 Å². The van der Waals surface area contributed by atoms with Crippen molar-refractivity contribution in [2.24, 2.45) is 0 Å². The van der Waals surface area contributed by atoms with Crippen molar-refractivity contribution >= 4 is 27.7 Å². The summed E-state index contributed by atoms with van der Waals surface area (Å²) in [7, 11) is 0. The van der Waals surface area contributed by atoms with Gasteiger partial charge in [-0.15, -0.1) is 0 Å². The monoisotopic (exact) mass is 344 g/mol. The molecule has 0 aromatic heterocycles. The maximum absolute atomic E-state index is 13.5. The van der Waals surface area contributed by atoms with Gasteiger partial charge in [0.25, 0.3) is 5.91 Å². The van der Waals surface area contributed by atoms with Crippen molar-refractivity contribution in [1.82, 2.24) is 10.6 Å². The molecular weight excluding hydrogens is 327 g/mol. The van der Waals surface area contributed by atoms with Crippen LogP contribution in [-0.4, -0.2) is 24.4 Å². The summed E-state index contributed by atoms with van der Waals surface area (Å²) < 4.78 is 14.1. The van der Waals surface area contributed by atoms with Crippen molar-refractivity contribution in [2.45, 2.75) is 32.7 Å². The largest absolute Gasteiger partial charge is 0.354 e. The van der Waals surface area contributed by atoms with E-state index in [9.17, 15) is 14.0 Å². The Hall–Kier alpha value is -1.43. The number of nitrogens with one attached hydrogen (secondary N) is 2. The van der Waals surface area contributed by atoms with Crippen LogP contribution in [0.3, 0.4) is 0 Å². The molecule has 6 heteroatoms. The van der Waals surface area contributed by atoms with E-state index in [0.717, 1.165) is 6.42 Å². The summed E-state index contributed by atoms with van der Waals surface area (Å²) in [6.07, 6.45) is 1.02. The molecule has 0 radical (unpaired) electrons. The molecule has 0 aliphatic carbocycles. The highest BCUT2D eigenvalue weighted by Crippen LogP contribution is 2.15. The quantitative estimate of drug-likeness (QED) is 0.833. The van der Waals surface area contributed by atoms with Crippen LogP contribution in [0, 0.1) is 5.82 Å². The molecule has 0 bridgehead atoms. The molecule has 1 unspecified atom stereocenters. The van der Waals surface area contributed by atoms with Gasteiger partial charge in [0.1, 0.15) is 5.82 Å². The number of hydrogen-bond donors (Lipinski definition) is 2. The molecule has 1 aromatic rings. The zero-order valence-electron chi connectivity index (χ0n) is 11.5. The lowest BCUT2D eigenvalue weighted by atomic mass is 10.2. The Kier molecular flexibility index (Phi) is 6.64. The van der Waals surface area contributed by atoms with E-state index in [1.54, 1.807) is 0 Å². The van der Waals surface area contributed by atoms with Gasteiger partial charge in [0.2, 0.25) is 5.91 Å². The van der Waals surface area contributed by atoms with Crippen molar-refractivity contribution in [3.8, 4) is 0 Å². The van der Waals surface area contributed by atoms with E-state index < -0.39 is 11.7 Å². The average molecular weight is 345 g/mol. The lowest BCUT2D eigenvalue weighted by Gasteiger charge is -2.11. The zero-order chi connectivity index (χ0) is 15.1. The van der Waals surface area contributed by atoms with Crippen LogP contribution < -0.4 is 10.6 Å². The molecule has 0 saturated carbocycles. The van der Waals surface area contributed by atoms with Crippen LogP contribution in [0.25, 0.3) is 0 Å². The zero-order valence-corrected chi connectivity index (χ0v) is 13.1. The van der Waals surface area contributed by atoms with E-state index >= 15 is 0 Å².